The topological polar surface area (TPSA) is 26.3 Å². The fourth-order valence-corrected chi connectivity index (χ4v) is 1.04. The number of halogens is 4. The zero-order valence-corrected chi connectivity index (χ0v) is 7.56. The molecule has 6 heteroatoms. The normalized spacial score (nSPS) is 11.3. The molecule has 15 heavy (non-hydrogen) atoms. The Morgan fingerprint density at radius 2 is 1.93 bits per heavy atom. The second kappa shape index (κ2) is 3.88. The fraction of sp³-hybridized carbons (Fsp3) is 0.222. The quantitative estimate of drug-likeness (QED) is 0.567. The Balaban J connectivity index is 3.30. The number of ketones is 1. The van der Waals surface area contributed by atoms with Gasteiger partial charge in [0.05, 0.1) is 7.11 Å². The Labute approximate surface area is 82.5 Å². The van der Waals surface area contributed by atoms with Gasteiger partial charge in [0.1, 0.15) is 17.1 Å². The van der Waals surface area contributed by atoms with E-state index in [1.54, 1.807) is 0 Å². The van der Waals surface area contributed by atoms with Gasteiger partial charge in [-0.1, -0.05) is 6.07 Å². The van der Waals surface area contributed by atoms with Crippen molar-refractivity contribution >= 4 is 5.78 Å². The minimum atomic E-state index is -5.12. The maximum absolute atomic E-state index is 13.0. The van der Waals surface area contributed by atoms with Gasteiger partial charge in [-0.05, 0) is 12.1 Å². The van der Waals surface area contributed by atoms with Crippen LogP contribution in [0.4, 0.5) is 17.6 Å². The van der Waals surface area contributed by atoms with Crippen molar-refractivity contribution in [3.63, 3.8) is 0 Å². The molecule has 0 atom stereocenters. The molecule has 0 bridgehead atoms. The van der Waals surface area contributed by atoms with E-state index in [0.29, 0.717) is 0 Å². The third kappa shape index (κ3) is 2.26. The molecule has 1 rings (SSSR count). The van der Waals surface area contributed by atoms with Crippen LogP contribution < -0.4 is 4.74 Å². The lowest BCUT2D eigenvalue weighted by Crippen LogP contribution is -2.24. The number of Topliss-reactive ketones (excluding diaryl/α,β-unsaturated/α-hetero) is 1. The molecule has 0 unspecified atom stereocenters. The molecule has 0 heterocycles. The van der Waals surface area contributed by atoms with Crippen LogP contribution in [-0.4, -0.2) is 19.1 Å². The molecular weight excluding hydrogens is 216 g/mol. The first-order valence-electron chi connectivity index (χ1n) is 3.82. The van der Waals surface area contributed by atoms with Crippen LogP contribution in [0.5, 0.6) is 5.75 Å². The minimum absolute atomic E-state index is 0.433. The molecule has 0 radical (unpaired) electrons. The number of carbonyl (C=O) groups excluding carboxylic acids is 1. The highest BCUT2D eigenvalue weighted by Crippen LogP contribution is 2.29. The van der Waals surface area contributed by atoms with Gasteiger partial charge in [-0.3, -0.25) is 4.79 Å². The Bertz CT molecular complexity index is 384. The van der Waals surface area contributed by atoms with Crippen LogP contribution in [0.1, 0.15) is 10.4 Å². The van der Waals surface area contributed by atoms with Crippen LogP contribution in [0.2, 0.25) is 0 Å². The first-order valence-corrected chi connectivity index (χ1v) is 3.82. The van der Waals surface area contributed by atoms with Crippen LogP contribution >= 0.6 is 0 Å². The van der Waals surface area contributed by atoms with E-state index in [-0.39, 0.29) is 0 Å². The molecule has 1 aromatic carbocycles. The highest BCUT2D eigenvalue weighted by Gasteiger charge is 2.42. The van der Waals surface area contributed by atoms with Crippen LogP contribution in [0.15, 0.2) is 18.2 Å². The van der Waals surface area contributed by atoms with Crippen molar-refractivity contribution in [2.75, 3.05) is 7.11 Å². The number of hydrogen-bond donors (Lipinski definition) is 0. The lowest BCUT2D eigenvalue weighted by Gasteiger charge is -2.10. The molecule has 0 saturated heterocycles. The second-order valence-corrected chi connectivity index (χ2v) is 2.64. The van der Waals surface area contributed by atoms with Gasteiger partial charge in [0, 0.05) is 0 Å². The number of hydrogen-bond acceptors (Lipinski definition) is 2. The molecule has 0 N–H and O–H groups in total. The molecule has 0 aliphatic carbocycles. The highest BCUT2D eigenvalue weighted by atomic mass is 19.4. The van der Waals surface area contributed by atoms with Gasteiger partial charge in [-0.2, -0.15) is 13.2 Å². The van der Waals surface area contributed by atoms with Crippen molar-refractivity contribution in [1.29, 1.82) is 0 Å². The molecule has 0 fully saturated rings. The van der Waals surface area contributed by atoms with E-state index in [4.69, 9.17) is 0 Å². The summed E-state index contributed by atoms with van der Waals surface area (Å²) in [4.78, 5) is 10.8. The molecule has 0 saturated carbocycles. The van der Waals surface area contributed by atoms with Gasteiger partial charge in [0.2, 0.25) is 0 Å². The zero-order valence-electron chi connectivity index (χ0n) is 7.56. The van der Waals surface area contributed by atoms with E-state index in [9.17, 15) is 22.4 Å². The third-order valence-corrected chi connectivity index (χ3v) is 1.68. The van der Waals surface area contributed by atoms with Gasteiger partial charge in [-0.15, -0.1) is 0 Å². The highest BCUT2D eigenvalue weighted by molar-refractivity contribution is 6.02. The number of benzene rings is 1. The molecular formula is C9H6F4O2. The Kier molecular flexibility index (Phi) is 2.97. The predicted molar refractivity (Wildman–Crippen MR) is 43.3 cm³/mol. The Morgan fingerprint density at radius 3 is 2.40 bits per heavy atom. The summed E-state index contributed by atoms with van der Waals surface area (Å²) in [6, 6.07) is 3.00. The van der Waals surface area contributed by atoms with E-state index in [0.717, 1.165) is 25.3 Å². The SMILES string of the molecule is COc1cccc(F)c1C(=O)C(F)(F)F. The van der Waals surface area contributed by atoms with Gasteiger partial charge >= 0.3 is 6.18 Å². The Hall–Kier alpha value is -1.59. The third-order valence-electron chi connectivity index (χ3n) is 1.68. The first kappa shape index (κ1) is 11.5. The summed E-state index contributed by atoms with van der Waals surface area (Å²) >= 11 is 0. The van der Waals surface area contributed by atoms with Crippen molar-refractivity contribution in [2.24, 2.45) is 0 Å². The van der Waals surface area contributed by atoms with Crippen LogP contribution in [-0.2, 0) is 0 Å². The van der Waals surface area contributed by atoms with Crippen molar-refractivity contribution in [1.82, 2.24) is 0 Å². The molecule has 0 aliphatic heterocycles. The average molecular weight is 222 g/mol. The fourth-order valence-electron chi connectivity index (χ4n) is 1.04. The number of ether oxygens (including phenoxy) is 1. The van der Waals surface area contributed by atoms with Crippen LogP contribution in [0, 0.1) is 5.82 Å². The zero-order chi connectivity index (χ0) is 11.6. The summed E-state index contributed by atoms with van der Waals surface area (Å²) in [7, 11) is 1.06. The predicted octanol–water partition coefficient (Wildman–Crippen LogP) is 2.58. The van der Waals surface area contributed by atoms with Crippen molar-refractivity contribution in [3.05, 3.63) is 29.6 Å². The maximum atomic E-state index is 13.0. The lowest BCUT2D eigenvalue weighted by molar-refractivity contribution is -0.0889. The van der Waals surface area contributed by atoms with Crippen LogP contribution in [0.25, 0.3) is 0 Å². The van der Waals surface area contributed by atoms with E-state index in [1.807, 2.05) is 0 Å². The van der Waals surface area contributed by atoms with Gasteiger partial charge < -0.3 is 4.74 Å². The summed E-state index contributed by atoms with van der Waals surface area (Å²) in [5, 5.41) is 0. The van der Waals surface area contributed by atoms with E-state index < -0.39 is 29.1 Å². The lowest BCUT2D eigenvalue weighted by atomic mass is 10.1. The van der Waals surface area contributed by atoms with E-state index in [2.05, 4.69) is 4.74 Å². The standard InChI is InChI=1S/C9H6F4O2/c1-15-6-4-2-3-5(10)7(6)8(14)9(11,12)13/h2-4H,1H3. The van der Waals surface area contributed by atoms with Crippen LogP contribution in [0.3, 0.4) is 0 Å². The summed E-state index contributed by atoms with van der Waals surface area (Å²) in [5.74, 6) is -3.94. The number of methoxy groups -OCH3 is 1. The molecule has 0 spiro atoms. The maximum Gasteiger partial charge on any atom is 0.455 e. The van der Waals surface area contributed by atoms with Gasteiger partial charge in [0.25, 0.3) is 5.78 Å². The van der Waals surface area contributed by atoms with Crippen molar-refractivity contribution < 1.29 is 27.1 Å². The monoisotopic (exact) mass is 222 g/mol. The van der Waals surface area contributed by atoms with Gasteiger partial charge in [-0.25, -0.2) is 4.39 Å². The minimum Gasteiger partial charge on any atom is -0.496 e. The average Bonchev–Trinajstić information content (AvgIpc) is 2.15. The molecule has 0 aliphatic rings. The van der Waals surface area contributed by atoms with Crippen molar-refractivity contribution in [3.8, 4) is 5.75 Å². The summed E-state index contributed by atoms with van der Waals surface area (Å²) in [6.07, 6.45) is -5.12. The first-order chi connectivity index (χ1) is 6.88. The molecule has 0 aromatic heterocycles. The molecule has 1 aromatic rings. The van der Waals surface area contributed by atoms with E-state index in [1.165, 1.54) is 0 Å². The number of alkyl halides is 3. The van der Waals surface area contributed by atoms with Gasteiger partial charge in [0.15, 0.2) is 0 Å². The van der Waals surface area contributed by atoms with Crippen molar-refractivity contribution in [2.45, 2.75) is 6.18 Å². The Morgan fingerprint density at radius 1 is 1.33 bits per heavy atom. The summed E-state index contributed by atoms with van der Waals surface area (Å²) in [6.45, 7) is 0. The number of rotatable bonds is 2. The summed E-state index contributed by atoms with van der Waals surface area (Å²) < 4.78 is 53.7. The molecule has 82 valence electrons. The second-order valence-electron chi connectivity index (χ2n) is 2.64. The largest absolute Gasteiger partial charge is 0.496 e. The summed E-state index contributed by atoms with van der Waals surface area (Å²) in [5.41, 5.74) is -1.09. The van der Waals surface area contributed by atoms with E-state index >= 15 is 0 Å². The number of carbonyl (C=O) groups is 1. The molecule has 0 amide bonds. The smallest absolute Gasteiger partial charge is 0.455 e. The molecule has 2 nitrogen and oxygen atoms in total.